The molecule has 9 heteroatoms. The van der Waals surface area contributed by atoms with E-state index >= 15 is 0 Å². The van der Waals surface area contributed by atoms with Gasteiger partial charge in [-0.25, -0.2) is 13.4 Å². The Balaban J connectivity index is 1.76. The number of rotatable bonds is 3. The Labute approximate surface area is 144 Å². The number of anilines is 1. The third-order valence-electron chi connectivity index (χ3n) is 3.66. The zero-order chi connectivity index (χ0) is 16.4. The van der Waals surface area contributed by atoms with Crippen molar-refractivity contribution in [3.05, 3.63) is 34.6 Å². The summed E-state index contributed by atoms with van der Waals surface area (Å²) in [6.45, 7) is 4.17. The van der Waals surface area contributed by atoms with Crippen LogP contribution in [0.1, 0.15) is 12.1 Å². The number of aryl methyl sites for hydroxylation is 1. The highest BCUT2D eigenvalue weighted by molar-refractivity contribution is 7.91. The van der Waals surface area contributed by atoms with Crippen molar-refractivity contribution in [3.8, 4) is 0 Å². The summed E-state index contributed by atoms with van der Waals surface area (Å²) in [5, 5.41) is 0. The van der Waals surface area contributed by atoms with E-state index in [1.54, 1.807) is 24.5 Å². The summed E-state index contributed by atoms with van der Waals surface area (Å²) >= 11 is 6.96. The molecule has 6 nitrogen and oxygen atoms in total. The second-order valence-corrected chi connectivity index (χ2v) is 9.20. The number of hydrogen-bond acceptors (Lipinski definition) is 6. The minimum atomic E-state index is -3.47. The number of nitrogens with zero attached hydrogens (tertiary/aromatic N) is 4. The van der Waals surface area contributed by atoms with Gasteiger partial charge in [0.25, 0.3) is 10.0 Å². The van der Waals surface area contributed by atoms with Gasteiger partial charge >= 0.3 is 0 Å². The largest absolute Gasteiger partial charge is 0.354 e. The SMILES string of the molecule is Cc1cncc(N2CCCN(S(=O)(=O)c3ccc(Cl)s3)CC2)n1. The molecule has 1 aliphatic rings. The van der Waals surface area contributed by atoms with Crippen LogP contribution in [0.15, 0.2) is 28.7 Å². The van der Waals surface area contributed by atoms with Gasteiger partial charge in [-0.2, -0.15) is 4.31 Å². The van der Waals surface area contributed by atoms with E-state index in [2.05, 4.69) is 14.9 Å². The molecule has 3 rings (SSSR count). The average molecular weight is 373 g/mol. The zero-order valence-corrected chi connectivity index (χ0v) is 15.0. The molecule has 2 aromatic heterocycles. The molecule has 0 radical (unpaired) electrons. The molecule has 0 unspecified atom stereocenters. The van der Waals surface area contributed by atoms with Crippen LogP contribution >= 0.6 is 22.9 Å². The van der Waals surface area contributed by atoms with Gasteiger partial charge in [0.1, 0.15) is 10.0 Å². The van der Waals surface area contributed by atoms with Crippen LogP contribution in [0.2, 0.25) is 4.34 Å². The quantitative estimate of drug-likeness (QED) is 0.827. The number of halogens is 1. The van der Waals surface area contributed by atoms with Gasteiger partial charge in [-0.1, -0.05) is 11.6 Å². The summed E-state index contributed by atoms with van der Waals surface area (Å²) in [6, 6.07) is 3.18. The first-order valence-corrected chi connectivity index (χ1v) is 9.89. The minimum Gasteiger partial charge on any atom is -0.354 e. The van der Waals surface area contributed by atoms with Crippen molar-refractivity contribution in [2.45, 2.75) is 17.6 Å². The van der Waals surface area contributed by atoms with Crippen LogP contribution in [-0.4, -0.2) is 48.9 Å². The van der Waals surface area contributed by atoms with Crippen LogP contribution in [0.5, 0.6) is 0 Å². The van der Waals surface area contributed by atoms with Gasteiger partial charge in [0.15, 0.2) is 0 Å². The molecule has 0 amide bonds. The molecule has 1 saturated heterocycles. The van der Waals surface area contributed by atoms with E-state index in [-0.39, 0.29) is 0 Å². The molecule has 3 heterocycles. The topological polar surface area (TPSA) is 66.4 Å². The van der Waals surface area contributed by atoms with E-state index in [4.69, 9.17) is 11.6 Å². The van der Waals surface area contributed by atoms with Crippen molar-refractivity contribution < 1.29 is 8.42 Å². The lowest BCUT2D eigenvalue weighted by Crippen LogP contribution is -2.35. The molecule has 0 atom stereocenters. The Kier molecular flexibility index (Phi) is 4.86. The van der Waals surface area contributed by atoms with Gasteiger partial charge in [-0.15, -0.1) is 11.3 Å². The summed E-state index contributed by atoms with van der Waals surface area (Å²) in [5.74, 6) is 0.795. The summed E-state index contributed by atoms with van der Waals surface area (Å²) in [6.07, 6.45) is 4.17. The monoisotopic (exact) mass is 372 g/mol. The predicted octanol–water partition coefficient (Wildman–Crippen LogP) is 2.40. The van der Waals surface area contributed by atoms with Crippen molar-refractivity contribution in [2.75, 3.05) is 31.1 Å². The van der Waals surface area contributed by atoms with E-state index in [1.807, 2.05) is 6.92 Å². The fraction of sp³-hybridized carbons (Fsp3) is 0.429. The molecule has 23 heavy (non-hydrogen) atoms. The van der Waals surface area contributed by atoms with E-state index in [1.165, 1.54) is 4.31 Å². The van der Waals surface area contributed by atoms with Crippen molar-refractivity contribution in [3.63, 3.8) is 0 Å². The van der Waals surface area contributed by atoms with Crippen LogP contribution in [0.25, 0.3) is 0 Å². The predicted molar refractivity (Wildman–Crippen MR) is 91.7 cm³/mol. The number of aromatic nitrogens is 2. The fourth-order valence-corrected chi connectivity index (χ4v) is 5.64. The van der Waals surface area contributed by atoms with Gasteiger partial charge in [-0.05, 0) is 25.5 Å². The Hall–Kier alpha value is -1.22. The Bertz CT molecular complexity index is 794. The van der Waals surface area contributed by atoms with Crippen LogP contribution in [-0.2, 0) is 10.0 Å². The highest BCUT2D eigenvalue weighted by Gasteiger charge is 2.28. The maximum absolute atomic E-state index is 12.7. The summed E-state index contributed by atoms with van der Waals surface area (Å²) in [5.41, 5.74) is 0.851. The molecule has 0 spiro atoms. The maximum Gasteiger partial charge on any atom is 0.252 e. The third-order valence-corrected chi connectivity index (χ3v) is 7.26. The van der Waals surface area contributed by atoms with Crippen molar-refractivity contribution in [1.29, 1.82) is 0 Å². The van der Waals surface area contributed by atoms with E-state index in [0.717, 1.165) is 35.8 Å². The molecule has 0 aromatic carbocycles. The van der Waals surface area contributed by atoms with Crippen molar-refractivity contribution >= 4 is 38.8 Å². The Morgan fingerprint density at radius 2 is 2.00 bits per heavy atom. The number of sulfonamides is 1. The first kappa shape index (κ1) is 16.6. The minimum absolute atomic E-state index is 0.297. The first-order valence-electron chi connectivity index (χ1n) is 7.26. The van der Waals surface area contributed by atoms with Gasteiger partial charge in [-0.3, -0.25) is 4.98 Å². The molecule has 2 aromatic rings. The van der Waals surface area contributed by atoms with E-state index < -0.39 is 10.0 Å². The van der Waals surface area contributed by atoms with Crippen LogP contribution < -0.4 is 4.90 Å². The summed E-state index contributed by atoms with van der Waals surface area (Å²) < 4.78 is 27.7. The lowest BCUT2D eigenvalue weighted by Gasteiger charge is -2.22. The Morgan fingerprint density at radius 1 is 1.17 bits per heavy atom. The third kappa shape index (κ3) is 3.65. The average Bonchev–Trinajstić information content (AvgIpc) is 2.81. The number of hydrogen-bond donors (Lipinski definition) is 0. The van der Waals surface area contributed by atoms with Gasteiger partial charge in [0.2, 0.25) is 0 Å². The first-order chi connectivity index (χ1) is 11.0. The maximum atomic E-state index is 12.7. The molecule has 124 valence electrons. The lowest BCUT2D eigenvalue weighted by atomic mass is 10.4. The van der Waals surface area contributed by atoms with E-state index in [9.17, 15) is 8.42 Å². The zero-order valence-electron chi connectivity index (χ0n) is 12.6. The second-order valence-electron chi connectivity index (χ2n) is 5.32. The molecule has 0 saturated carbocycles. The molecule has 0 bridgehead atoms. The molecule has 1 aliphatic heterocycles. The van der Waals surface area contributed by atoms with Crippen molar-refractivity contribution in [2.24, 2.45) is 0 Å². The summed E-state index contributed by atoms with van der Waals surface area (Å²) in [7, 11) is -3.47. The molecule has 1 fully saturated rings. The highest BCUT2D eigenvalue weighted by Crippen LogP contribution is 2.28. The van der Waals surface area contributed by atoms with Gasteiger partial charge in [0.05, 0.1) is 16.2 Å². The smallest absolute Gasteiger partial charge is 0.252 e. The second kappa shape index (κ2) is 6.72. The van der Waals surface area contributed by atoms with Crippen LogP contribution in [0.3, 0.4) is 0 Å². The molecular formula is C14H17ClN4O2S2. The summed E-state index contributed by atoms with van der Waals surface area (Å²) in [4.78, 5) is 10.7. The Morgan fingerprint density at radius 3 is 2.70 bits per heavy atom. The molecule has 0 aliphatic carbocycles. The molecule has 0 N–H and O–H groups in total. The molecular weight excluding hydrogens is 356 g/mol. The van der Waals surface area contributed by atoms with E-state index in [0.29, 0.717) is 28.2 Å². The van der Waals surface area contributed by atoms with Crippen LogP contribution in [0.4, 0.5) is 5.82 Å². The standard InChI is InChI=1S/C14H17ClN4O2S2/c1-11-9-16-10-13(17-11)18-5-2-6-19(8-7-18)23(20,21)14-4-3-12(15)22-14/h3-4,9-10H,2,5-8H2,1H3. The van der Waals surface area contributed by atoms with Gasteiger partial charge in [0, 0.05) is 32.4 Å². The number of thiophene rings is 1. The van der Waals surface area contributed by atoms with Crippen LogP contribution in [0, 0.1) is 6.92 Å². The highest BCUT2D eigenvalue weighted by atomic mass is 35.5. The van der Waals surface area contributed by atoms with Crippen molar-refractivity contribution in [1.82, 2.24) is 14.3 Å². The normalized spacial score (nSPS) is 17.2. The fourth-order valence-electron chi connectivity index (χ4n) is 2.53. The lowest BCUT2D eigenvalue weighted by molar-refractivity contribution is 0.434. The van der Waals surface area contributed by atoms with Gasteiger partial charge < -0.3 is 4.90 Å².